The molecule has 2 aromatic rings. The lowest BCUT2D eigenvalue weighted by molar-refractivity contribution is -0.117. The van der Waals surface area contributed by atoms with Crippen molar-refractivity contribution in [1.29, 1.82) is 0 Å². The summed E-state index contributed by atoms with van der Waals surface area (Å²) in [6, 6.07) is 14.2. The maximum Gasteiger partial charge on any atom is 0.251 e. The predicted octanol–water partition coefficient (Wildman–Crippen LogP) is 3.29. The molecule has 0 aliphatic carbocycles. The Hall–Kier alpha value is -3.41. The van der Waals surface area contributed by atoms with Crippen LogP contribution < -0.4 is 16.0 Å². The second-order valence-corrected chi connectivity index (χ2v) is 6.29. The van der Waals surface area contributed by atoms with Gasteiger partial charge in [0.05, 0.1) is 6.04 Å². The standard InChI is InChI=1S/C22H25N3O3/c1-4-20(26)25-19-12-10-17(11-13-19)15(2)24-21(27)14-7-16-5-8-18(9-6-16)22(28)23-3/h5-15H,4H2,1-3H3,(H,23,28)(H,24,27)(H,25,26)/b14-7+. The summed E-state index contributed by atoms with van der Waals surface area (Å²) < 4.78 is 0. The van der Waals surface area contributed by atoms with Gasteiger partial charge >= 0.3 is 0 Å². The molecular weight excluding hydrogens is 354 g/mol. The summed E-state index contributed by atoms with van der Waals surface area (Å²) in [5.41, 5.74) is 3.06. The van der Waals surface area contributed by atoms with E-state index >= 15 is 0 Å². The first-order valence-corrected chi connectivity index (χ1v) is 9.13. The lowest BCUT2D eigenvalue weighted by Gasteiger charge is -2.14. The van der Waals surface area contributed by atoms with E-state index in [4.69, 9.17) is 0 Å². The van der Waals surface area contributed by atoms with E-state index < -0.39 is 0 Å². The molecule has 6 heteroatoms. The summed E-state index contributed by atoms with van der Waals surface area (Å²) in [5.74, 6) is -0.406. The topological polar surface area (TPSA) is 87.3 Å². The van der Waals surface area contributed by atoms with E-state index in [1.807, 2.05) is 31.2 Å². The monoisotopic (exact) mass is 379 g/mol. The van der Waals surface area contributed by atoms with Gasteiger partial charge in [0.2, 0.25) is 11.8 Å². The smallest absolute Gasteiger partial charge is 0.251 e. The fourth-order valence-electron chi connectivity index (χ4n) is 2.51. The number of hydrogen-bond donors (Lipinski definition) is 3. The van der Waals surface area contributed by atoms with E-state index in [-0.39, 0.29) is 23.8 Å². The van der Waals surface area contributed by atoms with Crippen molar-refractivity contribution >= 4 is 29.5 Å². The third-order valence-corrected chi connectivity index (χ3v) is 4.20. The van der Waals surface area contributed by atoms with Crippen molar-refractivity contribution in [3.8, 4) is 0 Å². The van der Waals surface area contributed by atoms with E-state index in [9.17, 15) is 14.4 Å². The molecule has 1 unspecified atom stereocenters. The largest absolute Gasteiger partial charge is 0.355 e. The quantitative estimate of drug-likeness (QED) is 0.645. The van der Waals surface area contributed by atoms with Crippen LogP contribution in [0, 0.1) is 0 Å². The van der Waals surface area contributed by atoms with Crippen LogP contribution in [-0.4, -0.2) is 24.8 Å². The van der Waals surface area contributed by atoms with Crippen LogP contribution in [0.1, 0.15) is 47.8 Å². The summed E-state index contributed by atoms with van der Waals surface area (Å²) in [6.07, 6.45) is 3.58. The Bertz CT molecular complexity index is 856. The number of benzene rings is 2. The van der Waals surface area contributed by atoms with Crippen LogP contribution in [0.4, 0.5) is 5.69 Å². The maximum absolute atomic E-state index is 12.2. The van der Waals surface area contributed by atoms with E-state index in [1.54, 1.807) is 44.3 Å². The van der Waals surface area contributed by atoms with Crippen molar-refractivity contribution in [2.45, 2.75) is 26.3 Å². The van der Waals surface area contributed by atoms with Gasteiger partial charge < -0.3 is 16.0 Å². The molecule has 0 aromatic heterocycles. The van der Waals surface area contributed by atoms with Gasteiger partial charge in [-0.3, -0.25) is 14.4 Å². The lowest BCUT2D eigenvalue weighted by Crippen LogP contribution is -2.24. The average molecular weight is 379 g/mol. The molecule has 0 radical (unpaired) electrons. The highest BCUT2D eigenvalue weighted by Crippen LogP contribution is 2.16. The van der Waals surface area contributed by atoms with Gasteiger partial charge in [-0.2, -0.15) is 0 Å². The molecule has 1 atom stereocenters. The summed E-state index contributed by atoms with van der Waals surface area (Å²) in [6.45, 7) is 3.69. The van der Waals surface area contributed by atoms with E-state index in [2.05, 4.69) is 16.0 Å². The zero-order valence-corrected chi connectivity index (χ0v) is 16.3. The Morgan fingerprint density at radius 1 is 1.00 bits per heavy atom. The van der Waals surface area contributed by atoms with Crippen LogP contribution in [0.15, 0.2) is 54.6 Å². The molecule has 146 valence electrons. The molecule has 2 aromatic carbocycles. The second-order valence-electron chi connectivity index (χ2n) is 6.29. The van der Waals surface area contributed by atoms with Crippen LogP contribution in [-0.2, 0) is 9.59 Å². The minimum absolute atomic E-state index is 0.0393. The summed E-state index contributed by atoms with van der Waals surface area (Å²) in [4.78, 5) is 35.1. The van der Waals surface area contributed by atoms with Gasteiger partial charge in [-0.05, 0) is 48.4 Å². The zero-order chi connectivity index (χ0) is 20.5. The van der Waals surface area contributed by atoms with Gasteiger partial charge in [0, 0.05) is 30.8 Å². The van der Waals surface area contributed by atoms with E-state index in [0.717, 1.165) is 16.8 Å². The van der Waals surface area contributed by atoms with Crippen LogP contribution in [0.2, 0.25) is 0 Å². The van der Waals surface area contributed by atoms with Crippen molar-refractivity contribution in [3.05, 3.63) is 71.3 Å². The van der Waals surface area contributed by atoms with Crippen molar-refractivity contribution < 1.29 is 14.4 Å². The SMILES string of the molecule is CCC(=O)Nc1ccc(C(C)NC(=O)/C=C/c2ccc(C(=O)NC)cc2)cc1. The Morgan fingerprint density at radius 3 is 2.21 bits per heavy atom. The molecule has 0 saturated carbocycles. The zero-order valence-electron chi connectivity index (χ0n) is 16.3. The van der Waals surface area contributed by atoms with Gasteiger partial charge in [0.25, 0.3) is 5.91 Å². The van der Waals surface area contributed by atoms with Crippen LogP contribution >= 0.6 is 0 Å². The molecule has 3 amide bonds. The van der Waals surface area contributed by atoms with Gasteiger partial charge in [0.1, 0.15) is 0 Å². The number of amides is 3. The van der Waals surface area contributed by atoms with Crippen LogP contribution in [0.5, 0.6) is 0 Å². The van der Waals surface area contributed by atoms with Crippen LogP contribution in [0.25, 0.3) is 6.08 Å². The number of carbonyl (C=O) groups is 3. The Balaban J connectivity index is 1.92. The third-order valence-electron chi connectivity index (χ3n) is 4.20. The summed E-state index contributed by atoms with van der Waals surface area (Å²) in [7, 11) is 1.58. The molecule has 2 rings (SSSR count). The minimum atomic E-state index is -0.216. The number of rotatable bonds is 7. The molecular formula is C22H25N3O3. The van der Waals surface area contributed by atoms with E-state index in [1.165, 1.54) is 6.08 Å². The van der Waals surface area contributed by atoms with Gasteiger partial charge in [0.15, 0.2) is 0 Å². The first-order chi connectivity index (χ1) is 13.4. The first kappa shape index (κ1) is 20.9. The summed E-state index contributed by atoms with van der Waals surface area (Å²) >= 11 is 0. The molecule has 6 nitrogen and oxygen atoms in total. The normalized spacial score (nSPS) is 11.7. The van der Waals surface area contributed by atoms with Gasteiger partial charge in [-0.25, -0.2) is 0 Å². The molecule has 0 aliphatic heterocycles. The van der Waals surface area contributed by atoms with Gasteiger partial charge in [-0.15, -0.1) is 0 Å². The molecule has 3 N–H and O–H groups in total. The number of anilines is 1. The third kappa shape index (κ3) is 6.09. The average Bonchev–Trinajstić information content (AvgIpc) is 2.72. The molecule has 0 heterocycles. The first-order valence-electron chi connectivity index (χ1n) is 9.13. The van der Waals surface area contributed by atoms with Crippen molar-refractivity contribution in [1.82, 2.24) is 10.6 Å². The Labute approximate surface area is 165 Å². The predicted molar refractivity (Wildman–Crippen MR) is 111 cm³/mol. The molecule has 0 saturated heterocycles. The van der Waals surface area contributed by atoms with Crippen LogP contribution in [0.3, 0.4) is 0 Å². The van der Waals surface area contributed by atoms with Crippen molar-refractivity contribution in [3.63, 3.8) is 0 Å². The Morgan fingerprint density at radius 2 is 1.64 bits per heavy atom. The Kier molecular flexibility index (Phi) is 7.51. The lowest BCUT2D eigenvalue weighted by atomic mass is 10.1. The second kappa shape index (κ2) is 10.1. The number of nitrogens with one attached hydrogen (secondary N) is 3. The molecule has 0 bridgehead atoms. The molecule has 0 spiro atoms. The highest BCUT2D eigenvalue weighted by atomic mass is 16.2. The van der Waals surface area contributed by atoms with E-state index in [0.29, 0.717) is 12.0 Å². The van der Waals surface area contributed by atoms with Crippen molar-refractivity contribution in [2.75, 3.05) is 12.4 Å². The highest BCUT2D eigenvalue weighted by Gasteiger charge is 2.08. The molecule has 0 fully saturated rings. The maximum atomic E-state index is 12.2. The highest BCUT2D eigenvalue weighted by molar-refractivity contribution is 5.95. The number of hydrogen-bond acceptors (Lipinski definition) is 3. The van der Waals surface area contributed by atoms with Crippen molar-refractivity contribution in [2.24, 2.45) is 0 Å². The summed E-state index contributed by atoms with van der Waals surface area (Å²) in [5, 5.41) is 8.25. The number of carbonyl (C=O) groups excluding carboxylic acids is 3. The van der Waals surface area contributed by atoms with Gasteiger partial charge in [-0.1, -0.05) is 31.2 Å². The minimum Gasteiger partial charge on any atom is -0.355 e. The fourth-order valence-corrected chi connectivity index (χ4v) is 2.51. The fraction of sp³-hybridized carbons (Fsp3) is 0.227. The molecule has 0 aliphatic rings. The molecule has 28 heavy (non-hydrogen) atoms.